The minimum atomic E-state index is -0.834. The monoisotopic (exact) mass is 390 g/mol. The zero-order valence-corrected chi connectivity index (χ0v) is 16.9. The zero-order chi connectivity index (χ0) is 20.4. The summed E-state index contributed by atoms with van der Waals surface area (Å²) in [6.45, 7) is 5.28. The van der Waals surface area contributed by atoms with Crippen LogP contribution in [0.4, 0.5) is 8.78 Å². The van der Waals surface area contributed by atoms with Gasteiger partial charge >= 0.3 is 0 Å². The number of carbonyl (C=O) groups excluding carboxylic acids is 1. The average Bonchev–Trinajstić information content (AvgIpc) is 2.99. The number of benzene rings is 1. The topological polar surface area (TPSA) is 50.2 Å². The largest absolute Gasteiger partial charge is 0.343 e. The molecule has 0 unspecified atom stereocenters. The van der Waals surface area contributed by atoms with Gasteiger partial charge < -0.3 is 10.2 Å². The second-order valence-electron chi connectivity index (χ2n) is 8.08. The van der Waals surface area contributed by atoms with Crippen molar-refractivity contribution in [3.05, 3.63) is 52.3 Å². The third-order valence-electron chi connectivity index (χ3n) is 5.11. The molecule has 1 aromatic carbocycles. The molecule has 0 saturated carbocycles. The highest BCUT2D eigenvalue weighted by atomic mass is 19.2. The van der Waals surface area contributed by atoms with Crippen LogP contribution in [-0.4, -0.2) is 40.7 Å². The standard InChI is InChI=1S/C21H28F2N4O/c1-13(2)12-27-18-9-8-15(10-16(18)20(25-27)21(28)26(3)4)24-11-14-6-5-7-17(22)19(14)23/h5-7,13,15,24H,8-12H2,1-4H3/t15-/m1/s1. The Kier molecular flexibility index (Phi) is 6.13. The van der Waals surface area contributed by atoms with Gasteiger partial charge in [0, 0.05) is 50.0 Å². The first-order chi connectivity index (χ1) is 13.3. The molecule has 1 N–H and O–H groups in total. The van der Waals surface area contributed by atoms with Gasteiger partial charge in [0.05, 0.1) is 0 Å². The summed E-state index contributed by atoms with van der Waals surface area (Å²) in [5.41, 5.74) is 2.91. The molecule has 0 fully saturated rings. The molecule has 3 rings (SSSR count). The predicted octanol–water partition coefficient (Wildman–Crippen LogP) is 3.17. The van der Waals surface area contributed by atoms with Crippen molar-refractivity contribution in [2.24, 2.45) is 5.92 Å². The van der Waals surface area contributed by atoms with E-state index in [0.29, 0.717) is 23.6 Å². The number of aromatic nitrogens is 2. The van der Waals surface area contributed by atoms with Crippen LogP contribution in [0, 0.1) is 17.6 Å². The Morgan fingerprint density at radius 2 is 2.11 bits per heavy atom. The Bertz CT molecular complexity index is 860. The van der Waals surface area contributed by atoms with E-state index in [0.717, 1.165) is 36.7 Å². The molecule has 1 heterocycles. The summed E-state index contributed by atoms with van der Waals surface area (Å²) in [7, 11) is 3.45. The Morgan fingerprint density at radius 1 is 1.36 bits per heavy atom. The maximum atomic E-state index is 13.9. The Morgan fingerprint density at radius 3 is 2.79 bits per heavy atom. The first kappa shape index (κ1) is 20.5. The van der Waals surface area contributed by atoms with Crippen molar-refractivity contribution >= 4 is 5.91 Å². The summed E-state index contributed by atoms with van der Waals surface area (Å²) < 4.78 is 29.3. The maximum absolute atomic E-state index is 13.9. The van der Waals surface area contributed by atoms with Gasteiger partial charge in [-0.2, -0.15) is 5.10 Å². The summed E-state index contributed by atoms with van der Waals surface area (Å²) in [6, 6.07) is 4.30. The fourth-order valence-electron chi connectivity index (χ4n) is 3.68. The van der Waals surface area contributed by atoms with Crippen LogP contribution in [0.1, 0.15) is 47.6 Å². The van der Waals surface area contributed by atoms with Crippen molar-refractivity contribution in [1.29, 1.82) is 0 Å². The van der Waals surface area contributed by atoms with E-state index < -0.39 is 11.6 Å². The number of nitrogens with one attached hydrogen (secondary N) is 1. The third kappa shape index (κ3) is 4.24. The van der Waals surface area contributed by atoms with Crippen LogP contribution in [0.15, 0.2) is 18.2 Å². The number of amides is 1. The van der Waals surface area contributed by atoms with E-state index in [2.05, 4.69) is 24.3 Å². The molecule has 5 nitrogen and oxygen atoms in total. The van der Waals surface area contributed by atoms with Crippen LogP contribution in [0.5, 0.6) is 0 Å². The molecule has 28 heavy (non-hydrogen) atoms. The van der Waals surface area contributed by atoms with E-state index in [4.69, 9.17) is 0 Å². The zero-order valence-electron chi connectivity index (χ0n) is 16.9. The SMILES string of the molecule is CC(C)Cn1nc(C(=O)N(C)C)c2c1CC[C@@H](NCc1cccc(F)c1F)C2. The highest BCUT2D eigenvalue weighted by Crippen LogP contribution is 2.27. The molecule has 1 atom stereocenters. The van der Waals surface area contributed by atoms with Gasteiger partial charge in [-0.3, -0.25) is 9.48 Å². The molecular weight excluding hydrogens is 362 g/mol. The van der Waals surface area contributed by atoms with Gasteiger partial charge in [0.15, 0.2) is 17.3 Å². The molecular formula is C21H28F2N4O. The molecule has 0 bridgehead atoms. The number of hydrogen-bond donors (Lipinski definition) is 1. The van der Waals surface area contributed by atoms with Crippen molar-refractivity contribution < 1.29 is 13.6 Å². The van der Waals surface area contributed by atoms with Crippen LogP contribution >= 0.6 is 0 Å². The van der Waals surface area contributed by atoms with Crippen LogP contribution in [0.25, 0.3) is 0 Å². The van der Waals surface area contributed by atoms with Gasteiger partial charge in [0.25, 0.3) is 5.91 Å². The molecule has 7 heteroatoms. The molecule has 1 aliphatic carbocycles. The highest BCUT2D eigenvalue weighted by molar-refractivity contribution is 5.93. The van der Waals surface area contributed by atoms with Gasteiger partial charge in [0.1, 0.15) is 0 Å². The van der Waals surface area contributed by atoms with Crippen LogP contribution < -0.4 is 5.32 Å². The predicted molar refractivity (Wildman–Crippen MR) is 104 cm³/mol. The molecule has 1 aliphatic rings. The molecule has 2 aromatic rings. The quantitative estimate of drug-likeness (QED) is 0.824. The number of hydrogen-bond acceptors (Lipinski definition) is 3. The number of rotatable bonds is 6. The van der Waals surface area contributed by atoms with Crippen LogP contribution in [-0.2, 0) is 25.9 Å². The van der Waals surface area contributed by atoms with E-state index in [1.807, 2.05) is 4.68 Å². The lowest BCUT2D eigenvalue weighted by molar-refractivity contribution is 0.0819. The molecule has 0 aliphatic heterocycles. The lowest BCUT2D eigenvalue weighted by Gasteiger charge is -2.25. The second kappa shape index (κ2) is 8.39. The molecule has 0 spiro atoms. The fourth-order valence-corrected chi connectivity index (χ4v) is 3.68. The van der Waals surface area contributed by atoms with Crippen molar-refractivity contribution in [3.63, 3.8) is 0 Å². The van der Waals surface area contributed by atoms with E-state index >= 15 is 0 Å². The molecule has 152 valence electrons. The fraction of sp³-hybridized carbons (Fsp3) is 0.524. The average molecular weight is 390 g/mol. The second-order valence-corrected chi connectivity index (χ2v) is 8.08. The van der Waals surface area contributed by atoms with E-state index in [1.54, 1.807) is 25.1 Å². The van der Waals surface area contributed by atoms with Crippen molar-refractivity contribution in [1.82, 2.24) is 20.0 Å². The first-order valence-corrected chi connectivity index (χ1v) is 9.74. The molecule has 0 saturated heterocycles. The summed E-state index contributed by atoms with van der Waals surface area (Å²) in [4.78, 5) is 14.2. The Labute approximate surface area is 164 Å². The van der Waals surface area contributed by atoms with Crippen LogP contribution in [0.2, 0.25) is 0 Å². The van der Waals surface area contributed by atoms with Crippen molar-refractivity contribution in [3.8, 4) is 0 Å². The minimum absolute atomic E-state index is 0.0839. The summed E-state index contributed by atoms with van der Waals surface area (Å²) >= 11 is 0. The van der Waals surface area contributed by atoms with E-state index in [-0.39, 0.29) is 18.5 Å². The van der Waals surface area contributed by atoms with Gasteiger partial charge in [-0.1, -0.05) is 26.0 Å². The van der Waals surface area contributed by atoms with Gasteiger partial charge in [-0.15, -0.1) is 0 Å². The number of fused-ring (bicyclic) bond motifs is 1. The maximum Gasteiger partial charge on any atom is 0.274 e. The lowest BCUT2D eigenvalue weighted by atomic mass is 9.90. The highest BCUT2D eigenvalue weighted by Gasteiger charge is 2.30. The van der Waals surface area contributed by atoms with Crippen molar-refractivity contribution in [2.75, 3.05) is 14.1 Å². The molecule has 0 radical (unpaired) electrons. The van der Waals surface area contributed by atoms with Crippen molar-refractivity contribution in [2.45, 2.75) is 52.2 Å². The summed E-state index contributed by atoms with van der Waals surface area (Å²) in [5, 5.41) is 7.94. The first-order valence-electron chi connectivity index (χ1n) is 9.74. The van der Waals surface area contributed by atoms with Gasteiger partial charge in [0.2, 0.25) is 0 Å². The number of halogens is 2. The van der Waals surface area contributed by atoms with E-state index in [9.17, 15) is 13.6 Å². The number of carbonyl (C=O) groups is 1. The minimum Gasteiger partial charge on any atom is -0.343 e. The summed E-state index contributed by atoms with van der Waals surface area (Å²) in [6.07, 6.45) is 2.32. The van der Waals surface area contributed by atoms with E-state index in [1.165, 1.54) is 6.07 Å². The number of nitrogens with zero attached hydrogens (tertiary/aromatic N) is 3. The third-order valence-corrected chi connectivity index (χ3v) is 5.11. The smallest absolute Gasteiger partial charge is 0.274 e. The van der Waals surface area contributed by atoms with Crippen LogP contribution in [0.3, 0.4) is 0 Å². The van der Waals surface area contributed by atoms with Gasteiger partial charge in [-0.25, -0.2) is 8.78 Å². The summed E-state index contributed by atoms with van der Waals surface area (Å²) in [5.74, 6) is -1.31. The molecule has 1 aromatic heterocycles. The normalized spacial score (nSPS) is 16.3. The van der Waals surface area contributed by atoms with Gasteiger partial charge in [-0.05, 0) is 31.2 Å². The Hall–Kier alpha value is -2.28. The molecule has 1 amide bonds. The lowest BCUT2D eigenvalue weighted by Crippen LogP contribution is -2.35. The Balaban J connectivity index is 1.80.